The van der Waals surface area contributed by atoms with Gasteiger partial charge in [0.1, 0.15) is 17.7 Å². The highest BCUT2D eigenvalue weighted by Crippen LogP contribution is 2.19. The van der Waals surface area contributed by atoms with Crippen molar-refractivity contribution in [3.63, 3.8) is 0 Å². The minimum absolute atomic E-state index is 0.0606. The molecule has 2 aromatic rings. The first-order valence-electron chi connectivity index (χ1n) is 7.40. The van der Waals surface area contributed by atoms with E-state index in [0.717, 1.165) is 36.5 Å². The summed E-state index contributed by atoms with van der Waals surface area (Å²) in [7, 11) is 0. The third-order valence-electron chi connectivity index (χ3n) is 3.81. The van der Waals surface area contributed by atoms with E-state index in [0.29, 0.717) is 18.1 Å². The molecule has 0 amide bonds. The lowest BCUT2D eigenvalue weighted by Gasteiger charge is -2.31. The quantitative estimate of drug-likeness (QED) is 0.808. The van der Waals surface area contributed by atoms with Gasteiger partial charge in [-0.3, -0.25) is 4.90 Å². The van der Waals surface area contributed by atoms with Gasteiger partial charge in [0.2, 0.25) is 0 Å². The molecule has 3 rings (SSSR count). The molecule has 1 fully saturated rings. The highest BCUT2D eigenvalue weighted by atomic mass is 79.9. The lowest BCUT2D eigenvalue weighted by atomic mass is 10.1. The van der Waals surface area contributed by atoms with Crippen LogP contribution in [0.1, 0.15) is 18.4 Å². The van der Waals surface area contributed by atoms with Crippen LogP contribution in [-0.4, -0.2) is 34.1 Å². The predicted octanol–water partition coefficient (Wildman–Crippen LogP) is 3.56. The summed E-state index contributed by atoms with van der Waals surface area (Å²) in [6.07, 6.45) is 5.00. The van der Waals surface area contributed by atoms with E-state index in [1.54, 1.807) is 12.4 Å². The number of nitrogens with zero attached hydrogens (tertiary/aromatic N) is 3. The van der Waals surface area contributed by atoms with E-state index in [1.807, 2.05) is 0 Å². The van der Waals surface area contributed by atoms with Crippen molar-refractivity contribution in [2.45, 2.75) is 25.5 Å². The lowest BCUT2D eigenvalue weighted by Crippen LogP contribution is -2.38. The SMILES string of the molecule is Fc1ccc(CN2CCC(Oc3ncc(Br)cn3)CC2)c(F)c1. The lowest BCUT2D eigenvalue weighted by molar-refractivity contribution is 0.0886. The molecule has 23 heavy (non-hydrogen) atoms. The number of aromatic nitrogens is 2. The van der Waals surface area contributed by atoms with Crippen molar-refractivity contribution in [2.24, 2.45) is 0 Å². The van der Waals surface area contributed by atoms with Crippen LogP contribution in [0.5, 0.6) is 6.01 Å². The zero-order valence-corrected chi connectivity index (χ0v) is 14.0. The average molecular weight is 384 g/mol. The van der Waals surface area contributed by atoms with E-state index in [2.05, 4.69) is 30.8 Å². The molecule has 122 valence electrons. The number of rotatable bonds is 4. The van der Waals surface area contributed by atoms with Gasteiger partial charge in [-0.1, -0.05) is 6.07 Å². The number of ether oxygens (including phenoxy) is 1. The molecular weight excluding hydrogens is 368 g/mol. The van der Waals surface area contributed by atoms with Crippen molar-refractivity contribution in [3.05, 3.63) is 52.3 Å². The van der Waals surface area contributed by atoms with Crippen molar-refractivity contribution in [1.29, 1.82) is 0 Å². The number of benzene rings is 1. The van der Waals surface area contributed by atoms with Gasteiger partial charge in [-0.05, 0) is 34.8 Å². The second-order valence-corrected chi connectivity index (χ2v) is 6.43. The molecule has 0 unspecified atom stereocenters. The Balaban J connectivity index is 1.51. The van der Waals surface area contributed by atoms with Crippen molar-refractivity contribution in [2.75, 3.05) is 13.1 Å². The molecule has 2 heterocycles. The second kappa shape index (κ2) is 7.31. The summed E-state index contributed by atoms with van der Waals surface area (Å²) >= 11 is 3.28. The van der Waals surface area contributed by atoms with Crippen LogP contribution in [0.3, 0.4) is 0 Å². The third-order valence-corrected chi connectivity index (χ3v) is 4.22. The smallest absolute Gasteiger partial charge is 0.316 e. The largest absolute Gasteiger partial charge is 0.460 e. The number of hydrogen-bond acceptors (Lipinski definition) is 4. The van der Waals surface area contributed by atoms with Gasteiger partial charge in [0.15, 0.2) is 0 Å². The zero-order chi connectivity index (χ0) is 16.2. The first-order valence-corrected chi connectivity index (χ1v) is 8.20. The highest BCUT2D eigenvalue weighted by molar-refractivity contribution is 9.10. The summed E-state index contributed by atoms with van der Waals surface area (Å²) in [4.78, 5) is 10.3. The van der Waals surface area contributed by atoms with Gasteiger partial charge in [0, 0.05) is 43.7 Å². The van der Waals surface area contributed by atoms with Crippen molar-refractivity contribution in [3.8, 4) is 6.01 Å². The van der Waals surface area contributed by atoms with E-state index in [1.165, 1.54) is 12.1 Å². The number of hydrogen-bond donors (Lipinski definition) is 0. The summed E-state index contributed by atoms with van der Waals surface area (Å²) in [6, 6.07) is 4.09. The van der Waals surface area contributed by atoms with Gasteiger partial charge >= 0.3 is 6.01 Å². The number of piperidine rings is 1. The molecule has 1 saturated heterocycles. The molecule has 1 aliphatic heterocycles. The van der Waals surface area contributed by atoms with Crippen molar-refractivity contribution < 1.29 is 13.5 Å². The molecule has 0 atom stereocenters. The molecule has 0 saturated carbocycles. The summed E-state index contributed by atoms with van der Waals surface area (Å²) in [6.45, 7) is 2.06. The van der Waals surface area contributed by atoms with E-state index in [9.17, 15) is 8.78 Å². The van der Waals surface area contributed by atoms with Crippen LogP contribution < -0.4 is 4.74 Å². The molecule has 1 aliphatic rings. The molecule has 1 aromatic heterocycles. The van der Waals surface area contributed by atoms with Gasteiger partial charge in [-0.25, -0.2) is 18.7 Å². The molecule has 7 heteroatoms. The molecule has 4 nitrogen and oxygen atoms in total. The Morgan fingerprint density at radius 3 is 2.52 bits per heavy atom. The van der Waals surface area contributed by atoms with Crippen LogP contribution in [-0.2, 0) is 6.54 Å². The third kappa shape index (κ3) is 4.45. The summed E-state index contributed by atoms with van der Waals surface area (Å²) in [5.74, 6) is -1.04. The fraction of sp³-hybridized carbons (Fsp3) is 0.375. The van der Waals surface area contributed by atoms with Crippen molar-refractivity contribution >= 4 is 15.9 Å². The topological polar surface area (TPSA) is 38.2 Å². The van der Waals surface area contributed by atoms with Crippen molar-refractivity contribution in [1.82, 2.24) is 14.9 Å². The minimum atomic E-state index is -0.548. The van der Waals surface area contributed by atoms with Crippen LogP contribution >= 0.6 is 15.9 Å². The Labute approximate surface area is 141 Å². The molecular formula is C16H16BrF2N3O. The fourth-order valence-corrected chi connectivity index (χ4v) is 2.79. The molecule has 0 N–H and O–H groups in total. The van der Waals surface area contributed by atoms with Gasteiger partial charge in [-0.15, -0.1) is 0 Å². The maximum absolute atomic E-state index is 13.7. The minimum Gasteiger partial charge on any atom is -0.460 e. The van der Waals surface area contributed by atoms with Gasteiger partial charge < -0.3 is 4.74 Å². The van der Waals surface area contributed by atoms with Crippen LogP contribution in [0.15, 0.2) is 35.1 Å². The fourth-order valence-electron chi connectivity index (χ4n) is 2.59. The Bertz CT molecular complexity index is 661. The maximum atomic E-state index is 13.7. The summed E-state index contributed by atoms with van der Waals surface area (Å²) in [5.41, 5.74) is 0.516. The van der Waals surface area contributed by atoms with Crippen LogP contribution in [0.4, 0.5) is 8.78 Å². The Morgan fingerprint density at radius 1 is 1.17 bits per heavy atom. The molecule has 0 spiro atoms. The molecule has 1 aromatic carbocycles. The summed E-state index contributed by atoms with van der Waals surface area (Å²) in [5, 5.41) is 0. The standard InChI is InChI=1S/C16H16BrF2N3O/c17-12-8-20-16(21-9-12)23-14-3-5-22(6-4-14)10-11-1-2-13(18)7-15(11)19/h1-2,7-9,14H,3-6,10H2. The zero-order valence-electron chi connectivity index (χ0n) is 12.4. The Morgan fingerprint density at radius 2 is 1.87 bits per heavy atom. The monoisotopic (exact) mass is 383 g/mol. The normalized spacial score (nSPS) is 16.5. The van der Waals surface area contributed by atoms with E-state index in [4.69, 9.17) is 4.74 Å². The summed E-state index contributed by atoms with van der Waals surface area (Å²) < 4.78 is 33.2. The number of halogens is 3. The number of likely N-dealkylation sites (tertiary alicyclic amines) is 1. The van der Waals surface area contributed by atoms with E-state index < -0.39 is 11.6 Å². The van der Waals surface area contributed by atoms with Gasteiger partial charge in [-0.2, -0.15) is 0 Å². The van der Waals surface area contributed by atoms with Crippen LogP contribution in [0.25, 0.3) is 0 Å². The van der Waals surface area contributed by atoms with E-state index >= 15 is 0 Å². The predicted molar refractivity (Wildman–Crippen MR) is 85.0 cm³/mol. The average Bonchev–Trinajstić information content (AvgIpc) is 2.54. The van der Waals surface area contributed by atoms with Gasteiger partial charge in [0.05, 0.1) is 4.47 Å². The molecule has 0 bridgehead atoms. The molecule has 0 aliphatic carbocycles. The van der Waals surface area contributed by atoms with E-state index in [-0.39, 0.29) is 6.10 Å². The highest BCUT2D eigenvalue weighted by Gasteiger charge is 2.22. The maximum Gasteiger partial charge on any atom is 0.316 e. The van der Waals surface area contributed by atoms with Crippen LogP contribution in [0, 0.1) is 11.6 Å². The Hall–Kier alpha value is -1.60. The van der Waals surface area contributed by atoms with Crippen LogP contribution in [0.2, 0.25) is 0 Å². The Kier molecular flexibility index (Phi) is 5.17. The van der Waals surface area contributed by atoms with Gasteiger partial charge in [0.25, 0.3) is 0 Å². The first-order chi connectivity index (χ1) is 11.1. The first kappa shape index (κ1) is 16.3. The second-order valence-electron chi connectivity index (χ2n) is 5.51. The molecule has 0 radical (unpaired) electrons.